The Balaban J connectivity index is 4.60. The first-order valence-electron chi connectivity index (χ1n) is 6.61. The van der Waals surface area contributed by atoms with Crippen LogP contribution in [0.3, 0.4) is 0 Å². The molecule has 0 aromatic heterocycles. The summed E-state index contributed by atoms with van der Waals surface area (Å²) in [4.78, 5) is 0. The van der Waals surface area contributed by atoms with Crippen LogP contribution in [0.25, 0.3) is 0 Å². The molecule has 0 fully saturated rings. The van der Waals surface area contributed by atoms with Gasteiger partial charge in [-0.2, -0.15) is 0 Å². The van der Waals surface area contributed by atoms with Crippen molar-refractivity contribution in [2.24, 2.45) is 0 Å². The molecule has 5 heteroatoms. The Hall–Kier alpha value is -0.130. The minimum absolute atomic E-state index is 0.00521. The molecule has 0 heterocycles. The average Bonchev–Trinajstić information content (AvgIpc) is 2.27. The van der Waals surface area contributed by atoms with E-state index >= 15 is 0 Å². The molecule has 0 aliphatic rings. The van der Waals surface area contributed by atoms with Crippen LogP contribution in [0.5, 0.6) is 0 Å². The van der Waals surface area contributed by atoms with Gasteiger partial charge in [0.05, 0.1) is 10.9 Å². The van der Waals surface area contributed by atoms with Gasteiger partial charge in [-0.3, -0.25) is 0 Å². The summed E-state index contributed by atoms with van der Waals surface area (Å²) in [6, 6.07) is -0.00521. The number of methoxy groups -OCH3 is 1. The lowest BCUT2D eigenvalue weighted by molar-refractivity contribution is 0.0117. The number of hydrogen-bond acceptors (Lipinski definition) is 4. The Bertz CT molecular complexity index is 325. The summed E-state index contributed by atoms with van der Waals surface area (Å²) in [5, 5.41) is 2.97. The van der Waals surface area contributed by atoms with Crippen LogP contribution in [0, 0.1) is 0 Å². The minimum atomic E-state index is -3.01. The van der Waals surface area contributed by atoms with Crippen molar-refractivity contribution in [3.05, 3.63) is 0 Å². The Morgan fingerprint density at radius 3 is 2.28 bits per heavy atom. The van der Waals surface area contributed by atoms with E-state index in [0.29, 0.717) is 0 Å². The third-order valence-electron chi connectivity index (χ3n) is 3.51. The minimum Gasteiger partial charge on any atom is -0.379 e. The molecule has 0 aliphatic heterocycles. The SMILES string of the molecule is CCCNC(CCC(C)(C)OC)C(C)S(C)(=O)=O. The van der Waals surface area contributed by atoms with Crippen molar-refractivity contribution in [3.63, 3.8) is 0 Å². The number of ether oxygens (including phenoxy) is 1. The van der Waals surface area contributed by atoms with Crippen molar-refractivity contribution in [2.45, 2.75) is 63.9 Å². The summed E-state index contributed by atoms with van der Waals surface area (Å²) >= 11 is 0. The quantitative estimate of drug-likeness (QED) is 0.701. The number of rotatable bonds is 9. The van der Waals surface area contributed by atoms with E-state index in [1.807, 2.05) is 13.8 Å². The van der Waals surface area contributed by atoms with Gasteiger partial charge in [-0.15, -0.1) is 0 Å². The van der Waals surface area contributed by atoms with Crippen LogP contribution in [-0.4, -0.2) is 45.2 Å². The Labute approximate surface area is 112 Å². The molecule has 2 unspecified atom stereocenters. The highest BCUT2D eigenvalue weighted by molar-refractivity contribution is 7.91. The second-order valence-corrected chi connectivity index (χ2v) is 8.00. The van der Waals surface area contributed by atoms with Crippen LogP contribution in [0.1, 0.15) is 47.0 Å². The molecular formula is C13H29NO3S. The van der Waals surface area contributed by atoms with E-state index in [4.69, 9.17) is 4.74 Å². The third kappa shape index (κ3) is 6.71. The zero-order chi connectivity index (χ0) is 14.4. The zero-order valence-corrected chi connectivity index (χ0v) is 13.4. The molecule has 0 aromatic carbocycles. The molecule has 18 heavy (non-hydrogen) atoms. The standard InChI is InChI=1S/C13H29NO3S/c1-7-10-14-12(11(2)18(6,15)16)8-9-13(3,4)17-5/h11-12,14H,7-10H2,1-6H3. The van der Waals surface area contributed by atoms with E-state index in [-0.39, 0.29) is 16.9 Å². The first kappa shape index (κ1) is 17.9. The van der Waals surface area contributed by atoms with Gasteiger partial charge in [0.25, 0.3) is 0 Å². The summed E-state index contributed by atoms with van der Waals surface area (Å²) in [6.07, 6.45) is 3.94. The molecule has 0 spiro atoms. The smallest absolute Gasteiger partial charge is 0.151 e. The molecule has 0 aromatic rings. The normalized spacial score (nSPS) is 16.6. The van der Waals surface area contributed by atoms with E-state index in [0.717, 1.165) is 25.8 Å². The lowest BCUT2D eigenvalue weighted by atomic mass is 9.97. The van der Waals surface area contributed by atoms with Crippen molar-refractivity contribution in [3.8, 4) is 0 Å². The molecule has 1 N–H and O–H groups in total. The third-order valence-corrected chi connectivity index (χ3v) is 5.19. The predicted molar refractivity (Wildman–Crippen MR) is 76.7 cm³/mol. The molecule has 110 valence electrons. The van der Waals surface area contributed by atoms with Crippen molar-refractivity contribution >= 4 is 9.84 Å². The highest BCUT2D eigenvalue weighted by atomic mass is 32.2. The topological polar surface area (TPSA) is 55.4 Å². The Morgan fingerprint density at radius 1 is 1.33 bits per heavy atom. The molecule has 0 bridgehead atoms. The first-order valence-corrected chi connectivity index (χ1v) is 8.57. The lowest BCUT2D eigenvalue weighted by Gasteiger charge is -2.29. The maximum Gasteiger partial charge on any atom is 0.151 e. The van der Waals surface area contributed by atoms with Gasteiger partial charge in [-0.25, -0.2) is 8.42 Å². The van der Waals surface area contributed by atoms with Crippen LogP contribution in [-0.2, 0) is 14.6 Å². The van der Waals surface area contributed by atoms with Gasteiger partial charge in [0.15, 0.2) is 9.84 Å². The van der Waals surface area contributed by atoms with Crippen LogP contribution in [0.4, 0.5) is 0 Å². The fourth-order valence-electron chi connectivity index (χ4n) is 1.74. The second-order valence-electron chi connectivity index (χ2n) is 5.60. The molecule has 0 saturated heterocycles. The molecule has 0 saturated carbocycles. The van der Waals surface area contributed by atoms with Gasteiger partial charge < -0.3 is 10.1 Å². The Kier molecular flexibility index (Phi) is 7.40. The zero-order valence-electron chi connectivity index (χ0n) is 12.6. The van der Waals surface area contributed by atoms with Gasteiger partial charge in [0.2, 0.25) is 0 Å². The average molecular weight is 279 g/mol. The number of nitrogens with one attached hydrogen (secondary N) is 1. The molecule has 4 nitrogen and oxygen atoms in total. The van der Waals surface area contributed by atoms with E-state index in [2.05, 4.69) is 12.2 Å². The summed E-state index contributed by atoms with van der Waals surface area (Å²) in [6.45, 7) is 8.75. The van der Waals surface area contributed by atoms with Crippen molar-refractivity contribution < 1.29 is 13.2 Å². The highest BCUT2D eigenvalue weighted by Crippen LogP contribution is 2.19. The molecular weight excluding hydrogens is 250 g/mol. The van der Waals surface area contributed by atoms with Gasteiger partial charge >= 0.3 is 0 Å². The number of sulfone groups is 1. The number of hydrogen-bond donors (Lipinski definition) is 1. The predicted octanol–water partition coefficient (Wildman–Crippen LogP) is 1.99. The maximum absolute atomic E-state index is 11.7. The maximum atomic E-state index is 11.7. The molecule has 0 radical (unpaired) electrons. The molecule has 0 rings (SSSR count). The van der Waals surface area contributed by atoms with Gasteiger partial charge in [-0.1, -0.05) is 6.92 Å². The molecule has 0 aliphatic carbocycles. The Morgan fingerprint density at radius 2 is 1.89 bits per heavy atom. The summed E-state index contributed by atoms with van der Waals surface area (Å²) in [7, 11) is -1.32. The van der Waals surface area contributed by atoms with E-state index in [1.54, 1.807) is 14.0 Å². The lowest BCUT2D eigenvalue weighted by Crippen LogP contribution is -2.43. The fourth-order valence-corrected chi connectivity index (χ4v) is 2.57. The molecule has 2 atom stereocenters. The largest absolute Gasteiger partial charge is 0.379 e. The first-order chi connectivity index (χ1) is 8.14. The van der Waals surface area contributed by atoms with E-state index < -0.39 is 9.84 Å². The van der Waals surface area contributed by atoms with Gasteiger partial charge in [-0.05, 0) is 46.6 Å². The van der Waals surface area contributed by atoms with E-state index in [1.165, 1.54) is 6.26 Å². The van der Waals surface area contributed by atoms with Gasteiger partial charge in [0, 0.05) is 19.4 Å². The van der Waals surface area contributed by atoms with Crippen molar-refractivity contribution in [2.75, 3.05) is 19.9 Å². The summed E-state index contributed by atoms with van der Waals surface area (Å²) in [5.41, 5.74) is -0.205. The van der Waals surface area contributed by atoms with Crippen molar-refractivity contribution in [1.29, 1.82) is 0 Å². The van der Waals surface area contributed by atoms with Crippen LogP contribution < -0.4 is 5.32 Å². The monoisotopic (exact) mass is 279 g/mol. The van der Waals surface area contributed by atoms with Crippen LogP contribution in [0.2, 0.25) is 0 Å². The molecule has 0 amide bonds. The van der Waals surface area contributed by atoms with E-state index in [9.17, 15) is 8.42 Å². The van der Waals surface area contributed by atoms with Crippen LogP contribution >= 0.6 is 0 Å². The second kappa shape index (κ2) is 7.46. The summed E-state index contributed by atoms with van der Waals surface area (Å²) in [5.74, 6) is 0. The van der Waals surface area contributed by atoms with Crippen LogP contribution in [0.15, 0.2) is 0 Å². The highest BCUT2D eigenvalue weighted by Gasteiger charge is 2.27. The summed E-state index contributed by atoms with van der Waals surface area (Å²) < 4.78 is 28.7. The fraction of sp³-hybridized carbons (Fsp3) is 1.00. The van der Waals surface area contributed by atoms with Crippen molar-refractivity contribution in [1.82, 2.24) is 5.32 Å². The van der Waals surface area contributed by atoms with Gasteiger partial charge in [0.1, 0.15) is 0 Å².